The molecular weight excluding hydrogens is 154 g/mol. The molecule has 0 bridgehead atoms. The molecule has 0 amide bonds. The van der Waals surface area contributed by atoms with Gasteiger partial charge >= 0.3 is 0 Å². The summed E-state index contributed by atoms with van der Waals surface area (Å²) in [6.45, 7) is 8.05. The molecule has 74 valence electrons. The van der Waals surface area contributed by atoms with Crippen molar-refractivity contribution in [3.8, 4) is 0 Å². The molecule has 0 radical (unpaired) electrons. The van der Waals surface area contributed by atoms with Gasteiger partial charge in [0.05, 0.1) is 0 Å². The predicted molar refractivity (Wildman–Crippen MR) is 50.7 cm³/mol. The van der Waals surface area contributed by atoms with Crippen LogP contribution >= 0.6 is 0 Å². The smallest absolute Gasteiger partial charge is 0.0227 e. The number of hydrogen-bond donors (Lipinski definition) is 2. The molecule has 0 aliphatic heterocycles. The molecule has 0 aromatic carbocycles. The van der Waals surface area contributed by atoms with E-state index in [2.05, 4.69) is 19.4 Å². The largest absolute Gasteiger partial charge is 0.770 e. The van der Waals surface area contributed by atoms with E-state index >= 15 is 0 Å². The van der Waals surface area contributed by atoms with Gasteiger partial charge < -0.3 is 10.4 Å². The van der Waals surface area contributed by atoms with Crippen molar-refractivity contribution in [1.29, 1.82) is 0 Å². The molecule has 0 fully saturated rings. The maximum atomic E-state index is 11.3. The van der Waals surface area contributed by atoms with E-state index in [1.165, 1.54) is 0 Å². The quantitative estimate of drug-likeness (QED) is 0.488. The van der Waals surface area contributed by atoms with Crippen molar-refractivity contribution in [3.63, 3.8) is 0 Å². The third-order valence-electron chi connectivity index (χ3n) is 2.97. The molecule has 0 spiro atoms. The number of rotatable bonds is 5. The van der Waals surface area contributed by atoms with Crippen LogP contribution in [0, 0.1) is 11.1 Å². The number of nitrogens with zero attached hydrogens (tertiary/aromatic N) is 1. The number of hydroxylamine groups is 1. The second-order valence-electron chi connectivity index (χ2n) is 3.44. The predicted octanol–water partition coefficient (Wildman–Crippen LogP) is 1.38. The molecule has 2 atom stereocenters. The Balaban J connectivity index is 4.42. The minimum absolute atomic E-state index is 0.330. The fourth-order valence-electron chi connectivity index (χ4n) is 1.28. The summed E-state index contributed by atoms with van der Waals surface area (Å²) in [5, 5.41) is 12.1. The molecular formula is C8H20N3O-. The number of hydrogen-bond acceptors (Lipinski definition) is 4. The third-order valence-corrected chi connectivity index (χ3v) is 2.97. The first-order valence-electron chi connectivity index (χ1n) is 4.46. The topological polar surface area (TPSA) is 64.3 Å². The van der Waals surface area contributed by atoms with E-state index in [0.29, 0.717) is 5.92 Å². The van der Waals surface area contributed by atoms with E-state index in [0.717, 1.165) is 18.0 Å². The van der Waals surface area contributed by atoms with Gasteiger partial charge in [0.15, 0.2) is 0 Å². The van der Waals surface area contributed by atoms with E-state index in [-0.39, 0.29) is 0 Å². The summed E-state index contributed by atoms with van der Waals surface area (Å²) in [7, 11) is 0. The van der Waals surface area contributed by atoms with Crippen LogP contribution in [0.4, 0.5) is 0 Å². The SMILES string of the molecule is CC[C@@H](C)C(C)(CC)N([O-])NN. The zero-order chi connectivity index (χ0) is 9.78. The monoisotopic (exact) mass is 174 g/mol. The Bertz CT molecular complexity index is 119. The van der Waals surface area contributed by atoms with Crippen molar-refractivity contribution < 1.29 is 0 Å². The van der Waals surface area contributed by atoms with Crippen LogP contribution in [0.5, 0.6) is 0 Å². The molecule has 0 saturated heterocycles. The maximum absolute atomic E-state index is 11.3. The van der Waals surface area contributed by atoms with Crippen molar-refractivity contribution in [2.75, 3.05) is 0 Å². The lowest BCUT2D eigenvalue weighted by atomic mass is 9.83. The van der Waals surface area contributed by atoms with Crippen LogP contribution in [0.25, 0.3) is 0 Å². The highest BCUT2D eigenvalue weighted by Gasteiger charge is 2.29. The summed E-state index contributed by atoms with van der Waals surface area (Å²) in [5.74, 6) is 5.42. The second-order valence-corrected chi connectivity index (χ2v) is 3.44. The Kier molecular flexibility index (Phi) is 4.70. The van der Waals surface area contributed by atoms with Crippen molar-refractivity contribution in [2.45, 2.75) is 46.1 Å². The van der Waals surface area contributed by atoms with Crippen LogP contribution in [0.2, 0.25) is 0 Å². The fraction of sp³-hybridized carbons (Fsp3) is 1.00. The highest BCUT2D eigenvalue weighted by Crippen LogP contribution is 2.28. The molecule has 0 heterocycles. The van der Waals surface area contributed by atoms with Gasteiger partial charge in [-0.1, -0.05) is 27.2 Å². The second kappa shape index (κ2) is 4.77. The van der Waals surface area contributed by atoms with Gasteiger partial charge in [-0.25, -0.2) is 5.53 Å². The lowest BCUT2D eigenvalue weighted by molar-refractivity contribution is 0.0480. The number of nitrogens with two attached hydrogens (primary N) is 1. The van der Waals surface area contributed by atoms with Crippen molar-refractivity contribution in [1.82, 2.24) is 10.7 Å². The van der Waals surface area contributed by atoms with Gasteiger partial charge in [0.2, 0.25) is 0 Å². The molecule has 0 aromatic rings. The Morgan fingerprint density at radius 1 is 1.58 bits per heavy atom. The number of hydrazine groups is 2. The van der Waals surface area contributed by atoms with Crippen molar-refractivity contribution in [3.05, 3.63) is 5.21 Å². The fourth-order valence-corrected chi connectivity index (χ4v) is 1.28. The normalized spacial score (nSPS) is 19.2. The summed E-state index contributed by atoms with van der Waals surface area (Å²) < 4.78 is 0. The van der Waals surface area contributed by atoms with E-state index in [4.69, 9.17) is 5.84 Å². The Labute approximate surface area is 74.6 Å². The summed E-state index contributed by atoms with van der Waals surface area (Å²) in [4.78, 5) is 0. The van der Waals surface area contributed by atoms with E-state index in [1.54, 1.807) is 0 Å². The van der Waals surface area contributed by atoms with Gasteiger partial charge in [-0.05, 0) is 19.3 Å². The highest BCUT2D eigenvalue weighted by molar-refractivity contribution is 4.87. The molecule has 0 rings (SSSR count). The molecule has 0 aromatic heterocycles. The van der Waals surface area contributed by atoms with Gasteiger partial charge in [-0.3, -0.25) is 5.84 Å². The maximum Gasteiger partial charge on any atom is 0.0227 e. The Morgan fingerprint density at radius 2 is 2.08 bits per heavy atom. The molecule has 3 N–H and O–H groups in total. The zero-order valence-electron chi connectivity index (χ0n) is 8.42. The first kappa shape index (κ1) is 11.8. The van der Waals surface area contributed by atoms with Crippen LogP contribution in [-0.2, 0) is 0 Å². The zero-order valence-corrected chi connectivity index (χ0v) is 8.42. The van der Waals surface area contributed by atoms with Gasteiger partial charge in [0, 0.05) is 5.54 Å². The molecule has 1 unspecified atom stereocenters. The van der Waals surface area contributed by atoms with Gasteiger partial charge in [0.25, 0.3) is 0 Å². The molecule has 0 aliphatic carbocycles. The Morgan fingerprint density at radius 3 is 2.33 bits per heavy atom. The van der Waals surface area contributed by atoms with Crippen LogP contribution in [-0.4, -0.2) is 10.7 Å². The van der Waals surface area contributed by atoms with E-state index in [1.807, 2.05) is 13.8 Å². The molecule has 12 heavy (non-hydrogen) atoms. The standard InChI is InChI=1S/C8H20N3O/c1-5-7(3)8(4,6-2)11(12)10-9/h7,10H,5-6,9H2,1-4H3/q-1/t7-,8?/m1/s1. The van der Waals surface area contributed by atoms with Gasteiger partial charge in [-0.15, -0.1) is 0 Å². The summed E-state index contributed by atoms with van der Waals surface area (Å²) in [5.41, 5.74) is 1.75. The van der Waals surface area contributed by atoms with Crippen LogP contribution in [0.15, 0.2) is 0 Å². The highest BCUT2D eigenvalue weighted by atomic mass is 16.6. The summed E-state index contributed by atoms with van der Waals surface area (Å²) in [6.07, 6.45) is 1.76. The first-order valence-corrected chi connectivity index (χ1v) is 4.46. The lowest BCUT2D eigenvalue weighted by Gasteiger charge is -2.48. The van der Waals surface area contributed by atoms with E-state index in [9.17, 15) is 5.21 Å². The van der Waals surface area contributed by atoms with Crippen molar-refractivity contribution >= 4 is 0 Å². The average molecular weight is 174 g/mol. The van der Waals surface area contributed by atoms with Crippen LogP contribution in [0.1, 0.15) is 40.5 Å². The molecule has 4 nitrogen and oxygen atoms in total. The summed E-state index contributed by atoms with van der Waals surface area (Å²) >= 11 is 0. The van der Waals surface area contributed by atoms with E-state index < -0.39 is 5.54 Å². The molecule has 0 aliphatic rings. The number of nitrogens with one attached hydrogen (secondary N) is 1. The molecule has 0 saturated carbocycles. The van der Waals surface area contributed by atoms with Crippen molar-refractivity contribution in [2.24, 2.45) is 11.8 Å². The Hall–Kier alpha value is -0.160. The average Bonchev–Trinajstić information content (AvgIpc) is 2.13. The summed E-state index contributed by atoms with van der Waals surface area (Å²) in [6, 6.07) is 0. The molecule has 4 heteroatoms. The first-order chi connectivity index (χ1) is 5.52. The van der Waals surface area contributed by atoms with Gasteiger partial charge in [0.1, 0.15) is 0 Å². The minimum atomic E-state index is -0.399. The lowest BCUT2D eigenvalue weighted by Crippen LogP contribution is -2.56. The third kappa shape index (κ3) is 2.17. The van der Waals surface area contributed by atoms with Crippen LogP contribution in [0.3, 0.4) is 0 Å². The van der Waals surface area contributed by atoms with Crippen LogP contribution < -0.4 is 11.4 Å². The van der Waals surface area contributed by atoms with Gasteiger partial charge in [-0.2, -0.15) is 0 Å². The minimum Gasteiger partial charge on any atom is -0.770 e.